The van der Waals surface area contributed by atoms with Crippen molar-refractivity contribution < 1.29 is 65.4 Å². The SMILES string of the molecule is CCCCCCCCCCOc1ccc(C(=O)Oc2ccc(/C(C(C)=O)=C(\C)O)cc2)cc1.CCCCCCCCCCOc1ccc(C(=O)Oc2ccc(/C(C(C)=O)=C(\C)O)cc2)cc1.[Cu]. The van der Waals surface area contributed by atoms with Crippen molar-refractivity contribution in [1.29, 1.82) is 0 Å². The summed E-state index contributed by atoms with van der Waals surface area (Å²) in [5.74, 6) is 0.692. The molecule has 367 valence electrons. The Kier molecular flexibility index (Phi) is 28.3. The number of ether oxygens (including phenoxy) is 4. The number of hydrogen-bond donors (Lipinski definition) is 2. The van der Waals surface area contributed by atoms with Crippen LogP contribution in [0, 0.1) is 0 Å². The zero-order valence-electron chi connectivity index (χ0n) is 40.4. The maximum atomic E-state index is 12.4. The average Bonchev–Trinajstić information content (AvgIpc) is 3.29. The number of hydrogen-bond acceptors (Lipinski definition) is 10. The molecule has 11 heteroatoms. The van der Waals surface area contributed by atoms with Crippen LogP contribution in [0.4, 0.5) is 0 Å². The molecule has 0 aromatic heterocycles. The van der Waals surface area contributed by atoms with Gasteiger partial charge in [0, 0.05) is 17.1 Å². The molecule has 0 bridgehead atoms. The van der Waals surface area contributed by atoms with Crippen LogP contribution < -0.4 is 18.9 Å². The summed E-state index contributed by atoms with van der Waals surface area (Å²) in [7, 11) is 0. The molecule has 0 aliphatic carbocycles. The molecule has 1 radical (unpaired) electrons. The van der Waals surface area contributed by atoms with E-state index < -0.39 is 11.9 Å². The Balaban J connectivity index is 0.000000453. The number of aliphatic hydroxyl groups is 2. The molecule has 4 rings (SSSR count). The minimum absolute atomic E-state index is 0. The van der Waals surface area contributed by atoms with Crippen molar-refractivity contribution in [3.05, 3.63) is 131 Å². The topological polar surface area (TPSA) is 146 Å². The largest absolute Gasteiger partial charge is 0.512 e. The van der Waals surface area contributed by atoms with Gasteiger partial charge in [0.2, 0.25) is 0 Å². The van der Waals surface area contributed by atoms with Gasteiger partial charge in [-0.05, 0) is 124 Å². The fourth-order valence-corrected chi connectivity index (χ4v) is 7.27. The fourth-order valence-electron chi connectivity index (χ4n) is 7.27. The number of carbonyl (C=O) groups is 4. The van der Waals surface area contributed by atoms with Gasteiger partial charge in [-0.1, -0.05) is 128 Å². The van der Waals surface area contributed by atoms with Gasteiger partial charge in [0.25, 0.3) is 0 Å². The smallest absolute Gasteiger partial charge is 0.343 e. The summed E-state index contributed by atoms with van der Waals surface area (Å²) in [4.78, 5) is 48.2. The van der Waals surface area contributed by atoms with Crippen molar-refractivity contribution in [2.24, 2.45) is 0 Å². The van der Waals surface area contributed by atoms with Gasteiger partial charge in [0.05, 0.1) is 35.5 Å². The number of aliphatic hydroxyl groups excluding tert-OH is 2. The summed E-state index contributed by atoms with van der Waals surface area (Å²) in [5, 5.41) is 19.4. The molecule has 10 nitrogen and oxygen atoms in total. The third-order valence-corrected chi connectivity index (χ3v) is 10.8. The Hall–Kier alpha value is -5.64. The average molecular weight is 969 g/mol. The van der Waals surface area contributed by atoms with Crippen LogP contribution in [0.25, 0.3) is 11.1 Å². The first kappa shape index (κ1) is 57.5. The normalized spacial score (nSPS) is 11.4. The number of benzene rings is 4. The first-order valence-corrected chi connectivity index (χ1v) is 23.8. The van der Waals surface area contributed by atoms with Crippen LogP contribution in [-0.2, 0) is 26.7 Å². The molecular weight excluding hydrogens is 896 g/mol. The second-order valence-corrected chi connectivity index (χ2v) is 16.6. The van der Waals surface area contributed by atoms with Crippen molar-refractivity contribution in [2.45, 2.75) is 144 Å². The maximum Gasteiger partial charge on any atom is 0.343 e. The maximum absolute atomic E-state index is 12.4. The molecule has 4 aromatic rings. The van der Waals surface area contributed by atoms with E-state index in [4.69, 9.17) is 18.9 Å². The molecule has 0 unspecified atom stereocenters. The molecule has 67 heavy (non-hydrogen) atoms. The zero-order chi connectivity index (χ0) is 48.1. The van der Waals surface area contributed by atoms with Gasteiger partial charge in [-0.3, -0.25) is 9.59 Å². The Morgan fingerprint density at radius 2 is 0.627 bits per heavy atom. The van der Waals surface area contributed by atoms with E-state index in [2.05, 4.69) is 13.8 Å². The molecule has 0 spiro atoms. The molecule has 0 saturated heterocycles. The molecule has 0 saturated carbocycles. The van der Waals surface area contributed by atoms with E-state index in [0.717, 1.165) is 24.3 Å². The van der Waals surface area contributed by atoms with E-state index in [1.807, 2.05) is 0 Å². The van der Waals surface area contributed by atoms with Crippen molar-refractivity contribution in [3.63, 3.8) is 0 Å². The first-order chi connectivity index (χ1) is 31.8. The fraction of sp³-hybridized carbons (Fsp3) is 0.429. The van der Waals surface area contributed by atoms with Gasteiger partial charge in [0.15, 0.2) is 11.6 Å². The van der Waals surface area contributed by atoms with Crippen molar-refractivity contribution in [2.75, 3.05) is 13.2 Å². The van der Waals surface area contributed by atoms with Crippen LogP contribution in [0.1, 0.15) is 176 Å². The predicted octanol–water partition coefficient (Wildman–Crippen LogP) is 14.6. The van der Waals surface area contributed by atoms with Crippen LogP contribution in [0.3, 0.4) is 0 Å². The van der Waals surface area contributed by atoms with Gasteiger partial charge in [-0.15, -0.1) is 0 Å². The molecule has 0 amide bonds. The van der Waals surface area contributed by atoms with Crippen molar-refractivity contribution >= 4 is 34.7 Å². The van der Waals surface area contributed by atoms with Crippen LogP contribution in [-0.4, -0.2) is 46.9 Å². The van der Waals surface area contributed by atoms with E-state index in [9.17, 15) is 29.4 Å². The Bertz CT molecular complexity index is 1980. The van der Waals surface area contributed by atoms with Gasteiger partial charge < -0.3 is 29.2 Å². The number of unbranched alkanes of at least 4 members (excludes halogenated alkanes) is 14. The molecule has 0 heterocycles. The summed E-state index contributed by atoms with van der Waals surface area (Å²) in [6.07, 6.45) is 20.1. The summed E-state index contributed by atoms with van der Waals surface area (Å²) in [6.45, 7) is 11.5. The monoisotopic (exact) mass is 967 g/mol. The molecule has 0 fully saturated rings. The third-order valence-electron chi connectivity index (χ3n) is 10.8. The van der Waals surface area contributed by atoms with Gasteiger partial charge in [-0.25, -0.2) is 9.59 Å². The quantitative estimate of drug-likeness (QED) is 0.0141. The molecular formula is C56H72CuO10. The standard InChI is InChI=1S/2C28H36O5.Cu/c2*1-4-5-6-7-8-9-10-11-20-32-25-16-14-24(15-17-25)28(31)33-26-18-12-23(13-19-26)27(21(2)29)22(3)30;/h2*12-19,29H,4-11,20H2,1-3H3;/b2*27-21+;. The number of carbonyl (C=O) groups excluding carboxylic acids is 4. The van der Waals surface area contributed by atoms with Crippen LogP contribution in [0.5, 0.6) is 23.0 Å². The number of Topliss-reactive ketones (excluding diaryl/α,β-unsaturated/α-hetero) is 2. The summed E-state index contributed by atoms with van der Waals surface area (Å²) in [6, 6.07) is 26.8. The Labute approximate surface area is 409 Å². The molecule has 0 aliphatic heterocycles. The first-order valence-electron chi connectivity index (χ1n) is 23.8. The van der Waals surface area contributed by atoms with Crippen LogP contribution in [0.2, 0.25) is 0 Å². The van der Waals surface area contributed by atoms with Crippen molar-refractivity contribution in [3.8, 4) is 23.0 Å². The van der Waals surface area contributed by atoms with E-state index >= 15 is 0 Å². The molecule has 4 aromatic carbocycles. The number of rotatable bonds is 28. The van der Waals surface area contributed by atoms with Crippen molar-refractivity contribution in [1.82, 2.24) is 0 Å². The van der Waals surface area contributed by atoms with Crippen LogP contribution in [0.15, 0.2) is 109 Å². The zero-order valence-corrected chi connectivity index (χ0v) is 41.4. The number of allylic oxidation sites excluding steroid dienone is 4. The minimum Gasteiger partial charge on any atom is -0.512 e. The molecule has 0 aliphatic rings. The van der Waals surface area contributed by atoms with Gasteiger partial charge in [-0.2, -0.15) is 0 Å². The van der Waals surface area contributed by atoms with E-state index in [-0.39, 0.29) is 51.3 Å². The van der Waals surface area contributed by atoms with E-state index in [1.165, 1.54) is 118 Å². The number of ketones is 2. The Morgan fingerprint density at radius 3 is 0.896 bits per heavy atom. The van der Waals surface area contributed by atoms with Crippen LogP contribution >= 0.6 is 0 Å². The van der Waals surface area contributed by atoms with E-state index in [1.54, 1.807) is 97.1 Å². The second-order valence-electron chi connectivity index (χ2n) is 16.6. The van der Waals surface area contributed by atoms with Gasteiger partial charge >= 0.3 is 11.9 Å². The second kappa shape index (κ2) is 32.9. The summed E-state index contributed by atoms with van der Waals surface area (Å²) < 4.78 is 22.4. The summed E-state index contributed by atoms with van der Waals surface area (Å²) >= 11 is 0. The number of esters is 2. The molecule has 2 N–H and O–H groups in total. The predicted molar refractivity (Wildman–Crippen MR) is 264 cm³/mol. The summed E-state index contributed by atoms with van der Waals surface area (Å²) in [5.41, 5.74) is 2.48. The minimum atomic E-state index is -0.474. The third kappa shape index (κ3) is 22.1. The van der Waals surface area contributed by atoms with E-state index in [0.29, 0.717) is 47.0 Å². The Morgan fingerprint density at radius 1 is 0.373 bits per heavy atom. The molecule has 0 atom stereocenters. The van der Waals surface area contributed by atoms with Gasteiger partial charge in [0.1, 0.15) is 34.5 Å².